The summed E-state index contributed by atoms with van der Waals surface area (Å²) in [6.45, 7) is 6.22. The summed E-state index contributed by atoms with van der Waals surface area (Å²) in [7, 11) is 0. The predicted octanol–water partition coefficient (Wildman–Crippen LogP) is 5.33. The third kappa shape index (κ3) is 4.07. The molecular weight excluding hydrogens is 204 g/mol. The highest BCUT2D eigenvalue weighted by Gasteiger charge is 1.97. The van der Waals surface area contributed by atoms with Crippen molar-refractivity contribution in [3.8, 4) is 11.1 Å². The minimum absolute atomic E-state index is 1.17. The van der Waals surface area contributed by atoms with Crippen molar-refractivity contribution in [3.63, 3.8) is 0 Å². The van der Waals surface area contributed by atoms with Crippen LogP contribution in [0.1, 0.15) is 32.8 Å². The van der Waals surface area contributed by atoms with Gasteiger partial charge in [-0.25, -0.2) is 0 Å². The number of hydrogen-bond donors (Lipinski definition) is 0. The van der Waals surface area contributed by atoms with E-state index >= 15 is 0 Å². The Hall–Kier alpha value is -1.56. The van der Waals surface area contributed by atoms with Crippen molar-refractivity contribution in [1.82, 2.24) is 0 Å². The van der Waals surface area contributed by atoms with Gasteiger partial charge < -0.3 is 0 Å². The zero-order valence-corrected chi connectivity index (χ0v) is 11.1. The second-order valence-corrected chi connectivity index (χ2v) is 3.82. The van der Waals surface area contributed by atoms with Crippen LogP contribution in [-0.4, -0.2) is 0 Å². The van der Waals surface area contributed by atoms with Crippen LogP contribution in [0.15, 0.2) is 54.6 Å². The van der Waals surface area contributed by atoms with Crippen molar-refractivity contribution >= 4 is 0 Å². The molecule has 90 valence electrons. The van der Waals surface area contributed by atoms with Gasteiger partial charge in [0.15, 0.2) is 0 Å². The molecule has 0 heterocycles. The summed E-state index contributed by atoms with van der Waals surface area (Å²) in [5, 5.41) is 0. The van der Waals surface area contributed by atoms with Crippen molar-refractivity contribution < 1.29 is 0 Å². The van der Waals surface area contributed by atoms with Crippen LogP contribution in [-0.2, 0) is 6.42 Å². The second kappa shape index (κ2) is 7.67. The maximum absolute atomic E-state index is 2.29. The highest BCUT2D eigenvalue weighted by Crippen LogP contribution is 2.20. The summed E-state index contributed by atoms with van der Waals surface area (Å²) in [6, 6.07) is 19.4. The molecule has 0 bridgehead atoms. The van der Waals surface area contributed by atoms with E-state index in [0.29, 0.717) is 0 Å². The third-order valence-electron chi connectivity index (χ3n) is 2.57. The van der Waals surface area contributed by atoms with E-state index in [1.54, 1.807) is 0 Å². The zero-order valence-electron chi connectivity index (χ0n) is 11.1. The van der Waals surface area contributed by atoms with E-state index in [1.165, 1.54) is 29.5 Å². The van der Waals surface area contributed by atoms with Gasteiger partial charge in [0, 0.05) is 0 Å². The lowest BCUT2D eigenvalue weighted by molar-refractivity contribution is 0.922. The van der Waals surface area contributed by atoms with Gasteiger partial charge in [-0.15, -0.1) is 0 Å². The van der Waals surface area contributed by atoms with Crippen molar-refractivity contribution in [2.24, 2.45) is 0 Å². The highest BCUT2D eigenvalue weighted by molar-refractivity contribution is 5.63. The van der Waals surface area contributed by atoms with Crippen LogP contribution < -0.4 is 0 Å². The summed E-state index contributed by atoms with van der Waals surface area (Å²) in [5.74, 6) is 0. The lowest BCUT2D eigenvalue weighted by Gasteiger charge is -2.04. The van der Waals surface area contributed by atoms with Crippen molar-refractivity contribution in [2.75, 3.05) is 0 Å². The van der Waals surface area contributed by atoms with Crippen molar-refractivity contribution in [2.45, 2.75) is 33.6 Å². The van der Waals surface area contributed by atoms with E-state index in [9.17, 15) is 0 Å². The van der Waals surface area contributed by atoms with Crippen LogP contribution in [0.5, 0.6) is 0 Å². The molecule has 0 atom stereocenters. The van der Waals surface area contributed by atoms with Crippen LogP contribution in [0.3, 0.4) is 0 Å². The lowest BCUT2D eigenvalue weighted by Crippen LogP contribution is -1.84. The maximum atomic E-state index is 2.29. The van der Waals surface area contributed by atoms with Crippen LogP contribution in [0.25, 0.3) is 11.1 Å². The third-order valence-corrected chi connectivity index (χ3v) is 2.57. The molecule has 0 aliphatic carbocycles. The maximum Gasteiger partial charge on any atom is -0.0181 e. The van der Waals surface area contributed by atoms with Gasteiger partial charge in [0.25, 0.3) is 0 Å². The van der Waals surface area contributed by atoms with E-state index in [4.69, 9.17) is 0 Å². The van der Waals surface area contributed by atoms with Crippen LogP contribution >= 0.6 is 0 Å². The van der Waals surface area contributed by atoms with Crippen molar-refractivity contribution in [1.29, 1.82) is 0 Å². The molecule has 2 rings (SSSR count). The Morgan fingerprint density at radius 2 is 1.41 bits per heavy atom. The second-order valence-electron chi connectivity index (χ2n) is 3.82. The van der Waals surface area contributed by atoms with Crippen LogP contribution in [0.4, 0.5) is 0 Å². The van der Waals surface area contributed by atoms with Gasteiger partial charge in [-0.3, -0.25) is 0 Å². The standard InChI is InChI=1S/C15H16.C2H6/c1-2-7-13-8-6-11-15(12-13)14-9-4-3-5-10-14;1-2/h3-6,8-12H,2,7H2,1H3;1-2H3. The van der Waals surface area contributed by atoms with Gasteiger partial charge in [0.05, 0.1) is 0 Å². The van der Waals surface area contributed by atoms with E-state index in [-0.39, 0.29) is 0 Å². The molecule has 0 aliphatic heterocycles. The molecule has 0 heteroatoms. The first-order valence-electron chi connectivity index (χ1n) is 6.54. The first kappa shape index (κ1) is 13.5. The normalized spacial score (nSPS) is 9.35. The SMILES string of the molecule is CC.CCCc1cccc(-c2ccccc2)c1. The fourth-order valence-corrected chi connectivity index (χ4v) is 1.83. The fourth-order valence-electron chi connectivity index (χ4n) is 1.83. The van der Waals surface area contributed by atoms with Crippen LogP contribution in [0.2, 0.25) is 0 Å². The largest absolute Gasteiger partial charge is 0.0683 e. The molecule has 2 aromatic rings. The first-order valence-corrected chi connectivity index (χ1v) is 6.54. The summed E-state index contributed by atoms with van der Waals surface area (Å²) in [5.41, 5.74) is 4.05. The zero-order chi connectivity index (χ0) is 12.5. The highest BCUT2D eigenvalue weighted by atomic mass is 14.0. The molecule has 0 saturated carbocycles. The molecule has 17 heavy (non-hydrogen) atoms. The summed E-state index contributed by atoms with van der Waals surface area (Å²) in [6.07, 6.45) is 2.37. The fraction of sp³-hybridized carbons (Fsp3) is 0.294. The topological polar surface area (TPSA) is 0 Å². The summed E-state index contributed by atoms with van der Waals surface area (Å²) >= 11 is 0. The quantitative estimate of drug-likeness (QED) is 0.663. The Kier molecular flexibility index (Phi) is 6.09. The van der Waals surface area contributed by atoms with E-state index in [1.807, 2.05) is 13.8 Å². The Balaban J connectivity index is 0.000000686. The van der Waals surface area contributed by atoms with Gasteiger partial charge in [0.2, 0.25) is 0 Å². The van der Waals surface area contributed by atoms with Gasteiger partial charge in [0.1, 0.15) is 0 Å². The molecule has 0 radical (unpaired) electrons. The number of aryl methyl sites for hydroxylation is 1. The predicted molar refractivity (Wildman–Crippen MR) is 77.2 cm³/mol. The van der Waals surface area contributed by atoms with E-state index < -0.39 is 0 Å². The number of benzene rings is 2. The summed E-state index contributed by atoms with van der Waals surface area (Å²) < 4.78 is 0. The van der Waals surface area contributed by atoms with Gasteiger partial charge in [-0.05, 0) is 23.1 Å². The van der Waals surface area contributed by atoms with E-state index in [0.717, 1.165) is 0 Å². The minimum Gasteiger partial charge on any atom is -0.0683 e. The molecular formula is C17H22. The molecule has 0 nitrogen and oxygen atoms in total. The lowest BCUT2D eigenvalue weighted by atomic mass is 10.0. The number of rotatable bonds is 3. The molecule has 0 amide bonds. The molecule has 0 unspecified atom stereocenters. The molecule has 0 N–H and O–H groups in total. The van der Waals surface area contributed by atoms with Gasteiger partial charge in [-0.2, -0.15) is 0 Å². The smallest absolute Gasteiger partial charge is 0.0181 e. The average molecular weight is 226 g/mol. The molecule has 0 aromatic heterocycles. The molecule has 0 spiro atoms. The average Bonchev–Trinajstić information content (AvgIpc) is 2.43. The molecule has 0 aliphatic rings. The van der Waals surface area contributed by atoms with Gasteiger partial charge in [-0.1, -0.05) is 81.8 Å². The number of hydrogen-bond acceptors (Lipinski definition) is 0. The van der Waals surface area contributed by atoms with Crippen LogP contribution in [0, 0.1) is 0 Å². The Bertz CT molecular complexity index is 415. The summed E-state index contributed by atoms with van der Waals surface area (Å²) in [4.78, 5) is 0. The van der Waals surface area contributed by atoms with E-state index in [2.05, 4.69) is 61.5 Å². The monoisotopic (exact) mass is 226 g/mol. The first-order chi connectivity index (χ1) is 8.40. The Morgan fingerprint density at radius 1 is 0.765 bits per heavy atom. The molecule has 2 aromatic carbocycles. The minimum atomic E-state index is 1.17. The van der Waals surface area contributed by atoms with Crippen molar-refractivity contribution in [3.05, 3.63) is 60.2 Å². The van der Waals surface area contributed by atoms with Gasteiger partial charge >= 0.3 is 0 Å². The Morgan fingerprint density at radius 3 is 2.06 bits per heavy atom. The Labute approximate surface area is 105 Å². The molecule has 0 fully saturated rings. The molecule has 0 saturated heterocycles.